The molecule has 1 aromatic carbocycles. The smallest absolute Gasteiger partial charge is 0.410 e. The maximum atomic E-state index is 13.4. The first kappa shape index (κ1) is 17.7. The van der Waals surface area contributed by atoms with Gasteiger partial charge in [0, 0.05) is 26.2 Å². The number of amides is 1. The third kappa shape index (κ3) is 5.16. The third-order valence-electron chi connectivity index (χ3n) is 3.70. The van der Waals surface area contributed by atoms with Crippen LogP contribution in [0.3, 0.4) is 0 Å². The number of nitrogens with zero attached hydrogens (tertiary/aromatic N) is 2. The molecular weight excluding hydrogens is 302 g/mol. The maximum Gasteiger partial charge on any atom is 0.410 e. The van der Waals surface area contributed by atoms with E-state index in [1.54, 1.807) is 25.7 Å². The van der Waals surface area contributed by atoms with Gasteiger partial charge < -0.3 is 9.64 Å². The number of ether oxygens (including phenoxy) is 1. The van der Waals surface area contributed by atoms with E-state index >= 15 is 0 Å². The third-order valence-corrected chi connectivity index (χ3v) is 3.70. The van der Waals surface area contributed by atoms with Gasteiger partial charge in [0.15, 0.2) is 0 Å². The molecule has 1 aliphatic heterocycles. The highest BCUT2D eigenvalue weighted by Crippen LogP contribution is 2.21. The second kappa shape index (κ2) is 7.25. The molecule has 23 heavy (non-hydrogen) atoms. The van der Waals surface area contributed by atoms with Gasteiger partial charge in [0.25, 0.3) is 6.43 Å². The van der Waals surface area contributed by atoms with Gasteiger partial charge in [-0.05, 0) is 26.3 Å². The molecule has 1 atom stereocenters. The molecule has 2 rings (SSSR count). The number of benzene rings is 1. The van der Waals surface area contributed by atoms with Crippen LogP contribution in [-0.2, 0) is 11.3 Å². The van der Waals surface area contributed by atoms with E-state index in [1.165, 1.54) is 4.90 Å². The average molecular weight is 326 g/mol. The monoisotopic (exact) mass is 326 g/mol. The lowest BCUT2D eigenvalue weighted by atomic mass is 10.1. The molecular formula is C17H24F2N2O2. The fourth-order valence-electron chi connectivity index (χ4n) is 2.59. The summed E-state index contributed by atoms with van der Waals surface area (Å²) in [7, 11) is 0. The zero-order chi connectivity index (χ0) is 17.0. The molecule has 0 N–H and O–H groups in total. The average Bonchev–Trinajstić information content (AvgIpc) is 2.46. The van der Waals surface area contributed by atoms with Crippen LogP contribution in [0, 0.1) is 0 Å². The Hall–Kier alpha value is -1.69. The first-order chi connectivity index (χ1) is 10.8. The molecule has 1 amide bonds. The van der Waals surface area contributed by atoms with Gasteiger partial charge in [0.2, 0.25) is 0 Å². The minimum absolute atomic E-state index is 0.0145. The summed E-state index contributed by atoms with van der Waals surface area (Å²) >= 11 is 0. The van der Waals surface area contributed by atoms with E-state index in [-0.39, 0.29) is 6.54 Å². The quantitative estimate of drug-likeness (QED) is 0.854. The van der Waals surface area contributed by atoms with E-state index in [0.29, 0.717) is 19.6 Å². The molecule has 4 nitrogen and oxygen atoms in total. The molecule has 0 saturated carbocycles. The molecule has 0 spiro atoms. The van der Waals surface area contributed by atoms with Crippen molar-refractivity contribution in [3.8, 4) is 0 Å². The van der Waals surface area contributed by atoms with E-state index in [0.717, 1.165) is 5.56 Å². The number of alkyl halides is 2. The number of carbonyl (C=O) groups excluding carboxylic acids is 1. The van der Waals surface area contributed by atoms with Gasteiger partial charge in [0.05, 0.1) is 6.04 Å². The van der Waals surface area contributed by atoms with Crippen molar-refractivity contribution in [2.75, 3.05) is 19.6 Å². The molecule has 6 heteroatoms. The molecule has 128 valence electrons. The van der Waals surface area contributed by atoms with Gasteiger partial charge >= 0.3 is 6.09 Å². The summed E-state index contributed by atoms with van der Waals surface area (Å²) in [5.41, 5.74) is 0.363. The minimum atomic E-state index is -2.51. The van der Waals surface area contributed by atoms with Crippen LogP contribution in [0.15, 0.2) is 30.3 Å². The summed E-state index contributed by atoms with van der Waals surface area (Å²) in [4.78, 5) is 15.2. The summed E-state index contributed by atoms with van der Waals surface area (Å²) in [5, 5.41) is 0. The van der Waals surface area contributed by atoms with Crippen molar-refractivity contribution in [3.63, 3.8) is 0 Å². The Morgan fingerprint density at radius 2 is 1.91 bits per heavy atom. The van der Waals surface area contributed by atoms with E-state index < -0.39 is 24.2 Å². The van der Waals surface area contributed by atoms with Crippen molar-refractivity contribution in [2.45, 2.75) is 45.4 Å². The van der Waals surface area contributed by atoms with Gasteiger partial charge in [-0.1, -0.05) is 30.3 Å². The lowest BCUT2D eigenvalue weighted by Crippen LogP contribution is -2.57. The Morgan fingerprint density at radius 1 is 1.26 bits per heavy atom. The fraction of sp³-hybridized carbons (Fsp3) is 0.588. The van der Waals surface area contributed by atoms with Gasteiger partial charge in [-0.2, -0.15) is 0 Å². The summed E-state index contributed by atoms with van der Waals surface area (Å²) < 4.78 is 32.1. The molecule has 1 saturated heterocycles. The molecule has 1 unspecified atom stereocenters. The highest BCUT2D eigenvalue weighted by atomic mass is 19.3. The van der Waals surface area contributed by atoms with Gasteiger partial charge in [-0.3, -0.25) is 4.90 Å². The van der Waals surface area contributed by atoms with Gasteiger partial charge in [-0.25, -0.2) is 13.6 Å². The second-order valence-corrected chi connectivity index (χ2v) is 6.78. The van der Waals surface area contributed by atoms with Gasteiger partial charge in [0.1, 0.15) is 5.60 Å². The summed E-state index contributed by atoms with van der Waals surface area (Å²) in [6.45, 7) is 6.54. The van der Waals surface area contributed by atoms with Crippen molar-refractivity contribution < 1.29 is 18.3 Å². The standard InChI is InChI=1S/C17H24F2N2O2/c1-17(2,3)23-16(22)21-10-9-20(14(12-21)15(18)19)11-13-7-5-4-6-8-13/h4-8,14-15H,9-12H2,1-3H3. The van der Waals surface area contributed by atoms with Crippen LogP contribution >= 0.6 is 0 Å². The Labute approximate surface area is 136 Å². The zero-order valence-corrected chi connectivity index (χ0v) is 13.8. The first-order valence-corrected chi connectivity index (χ1v) is 7.80. The highest BCUT2D eigenvalue weighted by molar-refractivity contribution is 5.68. The van der Waals surface area contributed by atoms with Crippen LogP contribution in [0.5, 0.6) is 0 Å². The van der Waals surface area contributed by atoms with Crippen LogP contribution in [0.25, 0.3) is 0 Å². The molecule has 0 bridgehead atoms. The Balaban J connectivity index is 2.02. The molecule has 0 aliphatic carbocycles. The number of hydrogen-bond donors (Lipinski definition) is 0. The van der Waals surface area contributed by atoms with E-state index in [9.17, 15) is 13.6 Å². The van der Waals surface area contributed by atoms with Crippen molar-refractivity contribution in [1.29, 1.82) is 0 Å². The van der Waals surface area contributed by atoms with Crippen molar-refractivity contribution in [1.82, 2.24) is 9.80 Å². The van der Waals surface area contributed by atoms with E-state index in [4.69, 9.17) is 4.74 Å². The molecule has 1 heterocycles. The predicted molar refractivity (Wildman–Crippen MR) is 84.5 cm³/mol. The van der Waals surface area contributed by atoms with Crippen LogP contribution < -0.4 is 0 Å². The number of hydrogen-bond acceptors (Lipinski definition) is 3. The zero-order valence-electron chi connectivity index (χ0n) is 13.8. The summed E-state index contributed by atoms with van der Waals surface area (Å²) in [5.74, 6) is 0. The van der Waals surface area contributed by atoms with E-state index in [1.807, 2.05) is 30.3 Å². The van der Waals surface area contributed by atoms with Crippen LogP contribution in [-0.4, -0.2) is 53.6 Å². The molecule has 1 fully saturated rings. The normalized spacial score (nSPS) is 19.9. The fourth-order valence-corrected chi connectivity index (χ4v) is 2.59. The lowest BCUT2D eigenvalue weighted by molar-refractivity contribution is -0.0382. The van der Waals surface area contributed by atoms with Crippen LogP contribution in [0.4, 0.5) is 13.6 Å². The van der Waals surface area contributed by atoms with Crippen molar-refractivity contribution in [2.24, 2.45) is 0 Å². The predicted octanol–water partition coefficient (Wildman–Crippen LogP) is 3.37. The van der Waals surface area contributed by atoms with Crippen LogP contribution in [0.1, 0.15) is 26.3 Å². The van der Waals surface area contributed by atoms with Gasteiger partial charge in [-0.15, -0.1) is 0 Å². The molecule has 1 aromatic rings. The largest absolute Gasteiger partial charge is 0.444 e. The summed E-state index contributed by atoms with van der Waals surface area (Å²) in [6.07, 6.45) is -3.04. The van der Waals surface area contributed by atoms with Crippen molar-refractivity contribution >= 4 is 6.09 Å². The van der Waals surface area contributed by atoms with Crippen LogP contribution in [0.2, 0.25) is 0 Å². The Kier molecular flexibility index (Phi) is 5.57. The molecule has 1 aliphatic rings. The number of carbonyl (C=O) groups is 1. The lowest BCUT2D eigenvalue weighted by Gasteiger charge is -2.41. The number of piperazine rings is 1. The van der Waals surface area contributed by atoms with E-state index in [2.05, 4.69) is 0 Å². The highest BCUT2D eigenvalue weighted by Gasteiger charge is 2.36. The first-order valence-electron chi connectivity index (χ1n) is 7.80. The minimum Gasteiger partial charge on any atom is -0.444 e. The van der Waals surface area contributed by atoms with Crippen molar-refractivity contribution in [3.05, 3.63) is 35.9 Å². The Morgan fingerprint density at radius 3 is 2.48 bits per heavy atom. The number of halogens is 2. The second-order valence-electron chi connectivity index (χ2n) is 6.78. The molecule has 0 radical (unpaired) electrons. The Bertz CT molecular complexity index is 517. The number of rotatable bonds is 3. The maximum absolute atomic E-state index is 13.4. The topological polar surface area (TPSA) is 32.8 Å². The SMILES string of the molecule is CC(C)(C)OC(=O)N1CCN(Cc2ccccc2)C(C(F)F)C1. The molecule has 0 aromatic heterocycles. The summed E-state index contributed by atoms with van der Waals surface area (Å²) in [6, 6.07) is 8.55.